The summed E-state index contributed by atoms with van der Waals surface area (Å²) in [7, 11) is 0. The second-order valence-electron chi connectivity index (χ2n) is 9.78. The van der Waals surface area contributed by atoms with E-state index < -0.39 is 0 Å². The Morgan fingerprint density at radius 1 is 1.03 bits per heavy atom. The number of piperidine rings is 1. The van der Waals surface area contributed by atoms with E-state index in [-0.39, 0.29) is 23.0 Å². The summed E-state index contributed by atoms with van der Waals surface area (Å²) in [5, 5.41) is 6.90. The Morgan fingerprint density at radius 3 is 2.28 bits per heavy atom. The van der Waals surface area contributed by atoms with E-state index in [0.717, 1.165) is 24.2 Å². The van der Waals surface area contributed by atoms with Crippen LogP contribution in [0.5, 0.6) is 5.75 Å². The molecule has 0 aliphatic carbocycles. The molecule has 1 saturated heterocycles. The predicted octanol–water partition coefficient (Wildman–Crippen LogP) is 4.92. The van der Waals surface area contributed by atoms with E-state index in [1.807, 2.05) is 36.4 Å². The van der Waals surface area contributed by atoms with Crippen molar-refractivity contribution in [1.82, 2.24) is 10.6 Å². The number of ether oxygens (including phenoxy) is 1. The number of rotatable bonds is 5. The lowest BCUT2D eigenvalue weighted by Crippen LogP contribution is -2.62. The van der Waals surface area contributed by atoms with Crippen LogP contribution in [0.3, 0.4) is 0 Å². The first kappa shape index (κ1) is 21.4. The van der Waals surface area contributed by atoms with Gasteiger partial charge in [0.25, 0.3) is 5.91 Å². The third kappa shape index (κ3) is 6.07. The third-order valence-corrected chi connectivity index (χ3v) is 5.32. The van der Waals surface area contributed by atoms with E-state index in [4.69, 9.17) is 4.74 Å². The zero-order valence-electron chi connectivity index (χ0n) is 18.6. The van der Waals surface area contributed by atoms with Crippen molar-refractivity contribution in [3.8, 4) is 5.75 Å². The second-order valence-corrected chi connectivity index (χ2v) is 9.78. The minimum atomic E-state index is -0.0169. The van der Waals surface area contributed by atoms with Crippen molar-refractivity contribution >= 4 is 5.91 Å². The normalized spacial score (nSPS) is 18.3. The van der Waals surface area contributed by atoms with Gasteiger partial charge >= 0.3 is 0 Å². The molecule has 156 valence electrons. The number of hydrogen-bond acceptors (Lipinski definition) is 3. The van der Waals surface area contributed by atoms with Crippen molar-refractivity contribution in [2.75, 3.05) is 0 Å². The number of benzene rings is 2. The van der Waals surface area contributed by atoms with Crippen LogP contribution in [-0.2, 0) is 6.61 Å². The highest BCUT2D eigenvalue weighted by atomic mass is 16.5. The van der Waals surface area contributed by atoms with Crippen LogP contribution in [0, 0.1) is 13.8 Å². The highest BCUT2D eigenvalue weighted by Gasteiger charge is 2.38. The molecule has 0 aromatic heterocycles. The van der Waals surface area contributed by atoms with Crippen LogP contribution < -0.4 is 15.4 Å². The van der Waals surface area contributed by atoms with Gasteiger partial charge in [0.1, 0.15) is 12.4 Å². The first-order valence-corrected chi connectivity index (χ1v) is 10.4. The maximum absolute atomic E-state index is 12.9. The Bertz CT molecular complexity index is 850. The minimum absolute atomic E-state index is 0.00132. The molecule has 0 radical (unpaired) electrons. The molecule has 2 aromatic carbocycles. The molecule has 4 nitrogen and oxygen atoms in total. The van der Waals surface area contributed by atoms with Crippen LogP contribution in [0.2, 0.25) is 0 Å². The quantitative estimate of drug-likeness (QED) is 0.757. The zero-order valence-corrected chi connectivity index (χ0v) is 18.6. The fraction of sp³-hybridized carbons (Fsp3) is 0.480. The lowest BCUT2D eigenvalue weighted by molar-refractivity contribution is 0.0873. The lowest BCUT2D eigenvalue weighted by Gasteiger charge is -2.46. The van der Waals surface area contributed by atoms with Crippen molar-refractivity contribution in [2.45, 2.75) is 78.1 Å². The van der Waals surface area contributed by atoms with Gasteiger partial charge < -0.3 is 15.4 Å². The summed E-state index contributed by atoms with van der Waals surface area (Å²) in [6, 6.07) is 14.1. The number of carbonyl (C=O) groups is 1. The van der Waals surface area contributed by atoms with Gasteiger partial charge in [0.05, 0.1) is 0 Å². The second kappa shape index (κ2) is 8.19. The van der Waals surface area contributed by atoms with Crippen molar-refractivity contribution in [2.24, 2.45) is 0 Å². The lowest BCUT2D eigenvalue weighted by atomic mass is 9.79. The number of amides is 1. The van der Waals surface area contributed by atoms with Crippen LogP contribution in [0.4, 0.5) is 0 Å². The molecule has 1 aliphatic heterocycles. The molecule has 1 aliphatic rings. The van der Waals surface area contributed by atoms with E-state index in [0.29, 0.717) is 12.2 Å². The third-order valence-electron chi connectivity index (χ3n) is 5.32. The highest BCUT2D eigenvalue weighted by molar-refractivity contribution is 5.94. The van der Waals surface area contributed by atoms with Crippen LogP contribution in [-0.4, -0.2) is 23.0 Å². The van der Waals surface area contributed by atoms with Gasteiger partial charge in [0, 0.05) is 22.7 Å². The summed E-state index contributed by atoms with van der Waals surface area (Å²) in [6.45, 7) is 13.3. The summed E-state index contributed by atoms with van der Waals surface area (Å²) in [6.07, 6.45) is 1.83. The SMILES string of the molecule is Cc1cc(C)cc(OCc2cccc(C(=O)NC3CC(C)(C)NC(C)(C)C3)c2)c1. The standard InChI is InChI=1S/C25H34N2O2/c1-17-10-18(2)12-22(11-17)29-16-19-8-7-9-20(13-19)23(28)26-21-14-24(3,4)27-25(5,6)15-21/h7-13,21,27H,14-16H2,1-6H3,(H,26,28). The highest BCUT2D eigenvalue weighted by Crippen LogP contribution is 2.28. The van der Waals surface area contributed by atoms with Crippen molar-refractivity contribution in [3.05, 3.63) is 64.7 Å². The first-order chi connectivity index (χ1) is 13.5. The molecular weight excluding hydrogens is 360 g/mol. The molecular formula is C25H34N2O2. The smallest absolute Gasteiger partial charge is 0.251 e. The van der Waals surface area contributed by atoms with Gasteiger partial charge in [-0.3, -0.25) is 4.79 Å². The Kier molecular flexibility index (Phi) is 6.04. The van der Waals surface area contributed by atoms with E-state index in [9.17, 15) is 4.79 Å². The molecule has 2 N–H and O–H groups in total. The maximum Gasteiger partial charge on any atom is 0.251 e. The van der Waals surface area contributed by atoms with Crippen LogP contribution in [0.15, 0.2) is 42.5 Å². The summed E-state index contributed by atoms with van der Waals surface area (Å²) in [5.74, 6) is 0.841. The van der Waals surface area contributed by atoms with Gasteiger partial charge in [0.15, 0.2) is 0 Å². The van der Waals surface area contributed by atoms with Gasteiger partial charge in [-0.2, -0.15) is 0 Å². The Balaban J connectivity index is 1.65. The average Bonchev–Trinajstić information content (AvgIpc) is 2.56. The molecule has 29 heavy (non-hydrogen) atoms. The molecule has 2 aromatic rings. The van der Waals surface area contributed by atoms with Gasteiger partial charge in [-0.1, -0.05) is 18.2 Å². The average molecular weight is 395 g/mol. The number of hydrogen-bond donors (Lipinski definition) is 2. The molecule has 4 heteroatoms. The Labute approximate surface area is 175 Å². The molecule has 3 rings (SSSR count). The van der Waals surface area contributed by atoms with E-state index >= 15 is 0 Å². The van der Waals surface area contributed by atoms with Crippen molar-refractivity contribution < 1.29 is 9.53 Å². The van der Waals surface area contributed by atoms with Crippen molar-refractivity contribution in [1.29, 1.82) is 0 Å². The molecule has 0 spiro atoms. The van der Waals surface area contributed by atoms with Crippen molar-refractivity contribution in [3.63, 3.8) is 0 Å². The fourth-order valence-corrected chi connectivity index (χ4v) is 4.68. The number of nitrogens with one attached hydrogen (secondary N) is 2. The zero-order chi connectivity index (χ0) is 21.2. The summed E-state index contributed by atoms with van der Waals surface area (Å²) >= 11 is 0. The summed E-state index contributed by atoms with van der Waals surface area (Å²) < 4.78 is 5.95. The Hall–Kier alpha value is -2.33. The number of carbonyl (C=O) groups excluding carboxylic acids is 1. The van der Waals surface area contributed by atoms with Gasteiger partial charge in [0.2, 0.25) is 0 Å². The molecule has 0 saturated carbocycles. The largest absolute Gasteiger partial charge is 0.489 e. The summed E-state index contributed by atoms with van der Waals surface area (Å²) in [5.41, 5.74) is 4.04. The monoisotopic (exact) mass is 394 g/mol. The summed E-state index contributed by atoms with van der Waals surface area (Å²) in [4.78, 5) is 12.9. The number of aryl methyl sites for hydroxylation is 2. The van der Waals surface area contributed by atoms with E-state index in [2.05, 4.69) is 58.2 Å². The van der Waals surface area contributed by atoms with E-state index in [1.54, 1.807) is 0 Å². The molecule has 1 heterocycles. The first-order valence-electron chi connectivity index (χ1n) is 10.4. The molecule has 0 bridgehead atoms. The topological polar surface area (TPSA) is 50.4 Å². The van der Waals surface area contributed by atoms with Gasteiger partial charge in [-0.15, -0.1) is 0 Å². The fourth-order valence-electron chi connectivity index (χ4n) is 4.68. The predicted molar refractivity (Wildman–Crippen MR) is 118 cm³/mol. The van der Waals surface area contributed by atoms with Gasteiger partial charge in [-0.05, 0) is 95.3 Å². The van der Waals surface area contributed by atoms with E-state index in [1.165, 1.54) is 11.1 Å². The van der Waals surface area contributed by atoms with Crippen LogP contribution in [0.25, 0.3) is 0 Å². The molecule has 1 fully saturated rings. The maximum atomic E-state index is 12.9. The Morgan fingerprint density at radius 2 is 1.66 bits per heavy atom. The molecule has 0 unspecified atom stereocenters. The molecule has 0 atom stereocenters. The van der Waals surface area contributed by atoms with Gasteiger partial charge in [-0.25, -0.2) is 0 Å². The minimum Gasteiger partial charge on any atom is -0.489 e. The van der Waals surface area contributed by atoms with Crippen LogP contribution >= 0.6 is 0 Å². The molecule has 1 amide bonds. The van der Waals surface area contributed by atoms with Crippen LogP contribution in [0.1, 0.15) is 67.6 Å².